The van der Waals surface area contributed by atoms with E-state index >= 15 is 0 Å². The monoisotopic (exact) mass is 422 g/mol. The number of nitrogens with one attached hydrogen (secondary N) is 2. The van der Waals surface area contributed by atoms with Gasteiger partial charge in [0, 0.05) is 12.5 Å². The van der Waals surface area contributed by atoms with Crippen LogP contribution in [0.2, 0.25) is 0 Å². The Kier molecular flexibility index (Phi) is 4.50. The Labute approximate surface area is 169 Å². The van der Waals surface area contributed by atoms with Crippen molar-refractivity contribution in [3.05, 3.63) is 18.1 Å². The topological polar surface area (TPSA) is 122 Å². The van der Waals surface area contributed by atoms with Crippen LogP contribution in [-0.2, 0) is 19.3 Å². The van der Waals surface area contributed by atoms with E-state index in [2.05, 4.69) is 39.2 Å². The largest absolute Gasteiger partial charge is 0.485 e. The second-order valence-corrected chi connectivity index (χ2v) is 11.0. The van der Waals surface area contributed by atoms with Gasteiger partial charge < -0.3 is 19.7 Å². The first-order chi connectivity index (χ1) is 13.5. The first-order valence-corrected chi connectivity index (χ1v) is 11.3. The van der Waals surface area contributed by atoms with E-state index in [1.807, 2.05) is 0 Å². The molecule has 2 N–H and O–H groups in total. The van der Waals surface area contributed by atoms with Crippen LogP contribution >= 0.6 is 0 Å². The van der Waals surface area contributed by atoms with Crippen molar-refractivity contribution in [2.75, 3.05) is 36.3 Å². The van der Waals surface area contributed by atoms with Crippen molar-refractivity contribution in [2.24, 2.45) is 0 Å². The molecule has 0 amide bonds. The van der Waals surface area contributed by atoms with Gasteiger partial charge in [-0.05, 0) is 27.7 Å². The summed E-state index contributed by atoms with van der Waals surface area (Å²) in [7, 11) is -3.49. The molecule has 0 aromatic carbocycles. The first-order valence-electron chi connectivity index (χ1n) is 9.41. The molecule has 2 aromatic heterocycles. The highest BCUT2D eigenvalue weighted by atomic mass is 32.2. The Morgan fingerprint density at radius 3 is 2.76 bits per heavy atom. The Bertz CT molecular complexity index is 1020. The summed E-state index contributed by atoms with van der Waals surface area (Å²) >= 11 is 0. The van der Waals surface area contributed by atoms with Gasteiger partial charge >= 0.3 is 0 Å². The second kappa shape index (κ2) is 6.56. The smallest absolute Gasteiger partial charge is 0.229 e. The third-order valence-electron chi connectivity index (χ3n) is 5.65. The van der Waals surface area contributed by atoms with E-state index in [1.54, 1.807) is 26.2 Å². The number of sulfone groups is 1. The number of morpholine rings is 1. The molecule has 1 saturated heterocycles. The predicted octanol–water partition coefficient (Wildman–Crippen LogP) is 1.60. The number of H-pyrrole nitrogens is 1. The molecular weight excluding hydrogens is 396 g/mol. The molecule has 10 nitrogen and oxygen atoms in total. The number of aromatic amines is 1. The first kappa shape index (κ1) is 19.9. The van der Waals surface area contributed by atoms with Gasteiger partial charge in [0.1, 0.15) is 17.0 Å². The third-order valence-corrected chi connectivity index (χ3v) is 7.70. The van der Waals surface area contributed by atoms with Crippen molar-refractivity contribution in [3.63, 3.8) is 0 Å². The number of fused-ring (bicyclic) bond motifs is 3. The van der Waals surface area contributed by atoms with Gasteiger partial charge in [-0.1, -0.05) is 0 Å². The van der Waals surface area contributed by atoms with Crippen LogP contribution in [-0.4, -0.2) is 66.2 Å². The highest BCUT2D eigenvalue weighted by molar-refractivity contribution is 7.91. The van der Waals surface area contributed by atoms with Crippen LogP contribution in [0.15, 0.2) is 12.4 Å². The fraction of sp³-hybridized carbons (Fsp3) is 0.611. The summed E-state index contributed by atoms with van der Waals surface area (Å²) in [4.78, 5) is 11.4. The lowest BCUT2D eigenvalue weighted by molar-refractivity contribution is 0.00706. The SMILES string of the molecule is C[C@@H]1COCC2(C)COc3c(nc(Nc4cn[nH]c4)nc3C(C)(C)S(C)(=O)=O)N12. The molecule has 11 heteroatoms. The molecule has 1 fully saturated rings. The van der Waals surface area contributed by atoms with Crippen molar-refractivity contribution >= 4 is 27.3 Å². The van der Waals surface area contributed by atoms with Gasteiger partial charge in [-0.3, -0.25) is 5.10 Å². The highest BCUT2D eigenvalue weighted by Crippen LogP contribution is 2.46. The maximum atomic E-state index is 12.6. The summed E-state index contributed by atoms with van der Waals surface area (Å²) in [6.45, 7) is 8.77. The molecular formula is C18H26N6O4S. The maximum Gasteiger partial charge on any atom is 0.229 e. The predicted molar refractivity (Wildman–Crippen MR) is 108 cm³/mol. The van der Waals surface area contributed by atoms with E-state index in [0.717, 1.165) is 0 Å². The van der Waals surface area contributed by atoms with E-state index < -0.39 is 20.1 Å². The number of hydrogen-bond acceptors (Lipinski definition) is 9. The fourth-order valence-electron chi connectivity index (χ4n) is 3.75. The molecule has 29 heavy (non-hydrogen) atoms. The molecule has 0 radical (unpaired) electrons. The van der Waals surface area contributed by atoms with E-state index in [4.69, 9.17) is 14.5 Å². The van der Waals surface area contributed by atoms with Gasteiger partial charge in [0.15, 0.2) is 21.4 Å². The van der Waals surface area contributed by atoms with Crippen molar-refractivity contribution in [3.8, 4) is 5.75 Å². The average Bonchev–Trinajstić information content (AvgIpc) is 3.12. The lowest BCUT2D eigenvalue weighted by atomic mass is 9.95. The van der Waals surface area contributed by atoms with Crippen LogP contribution in [0.4, 0.5) is 17.5 Å². The minimum absolute atomic E-state index is 0.0438. The van der Waals surface area contributed by atoms with Gasteiger partial charge in [-0.2, -0.15) is 10.1 Å². The van der Waals surface area contributed by atoms with E-state index in [0.29, 0.717) is 42.8 Å². The van der Waals surface area contributed by atoms with Crippen LogP contribution in [0, 0.1) is 0 Å². The van der Waals surface area contributed by atoms with Gasteiger partial charge in [0.25, 0.3) is 0 Å². The summed E-state index contributed by atoms with van der Waals surface area (Å²) in [6.07, 6.45) is 4.47. The summed E-state index contributed by atoms with van der Waals surface area (Å²) in [6, 6.07) is 0.0438. The van der Waals surface area contributed by atoms with Gasteiger partial charge in [0.2, 0.25) is 5.95 Å². The molecule has 158 valence electrons. The Hall–Kier alpha value is -2.40. The lowest BCUT2D eigenvalue weighted by Crippen LogP contribution is -2.64. The normalized spacial score (nSPS) is 24.4. The van der Waals surface area contributed by atoms with Crippen molar-refractivity contribution in [2.45, 2.75) is 44.0 Å². The number of rotatable bonds is 4. The zero-order valence-electron chi connectivity index (χ0n) is 17.2. The van der Waals surface area contributed by atoms with Gasteiger partial charge in [-0.25, -0.2) is 13.4 Å². The maximum absolute atomic E-state index is 12.6. The molecule has 0 aliphatic carbocycles. The average molecular weight is 423 g/mol. The Morgan fingerprint density at radius 1 is 1.34 bits per heavy atom. The quantitative estimate of drug-likeness (QED) is 0.756. The standard InChI is InChI=1S/C18H26N6O4S/c1-11-8-27-9-18(4)10-28-13-14(17(2,3)29(5,25)26)22-16(23-15(13)24(11)18)21-12-6-19-20-7-12/h6-7,11H,8-10H2,1-5H3,(H,19,20)(H,21,22,23)/t11-,18?/m1/s1. The third kappa shape index (κ3) is 3.21. The summed E-state index contributed by atoms with van der Waals surface area (Å²) in [5, 5.41) is 9.74. The Morgan fingerprint density at radius 2 is 2.10 bits per heavy atom. The molecule has 2 atom stereocenters. The number of nitrogens with zero attached hydrogens (tertiary/aromatic N) is 4. The van der Waals surface area contributed by atoms with E-state index in [9.17, 15) is 8.42 Å². The Balaban J connectivity index is 1.93. The van der Waals surface area contributed by atoms with Crippen LogP contribution in [0.3, 0.4) is 0 Å². The minimum Gasteiger partial charge on any atom is -0.485 e. The second-order valence-electron chi connectivity index (χ2n) is 8.46. The number of anilines is 3. The van der Waals surface area contributed by atoms with Crippen molar-refractivity contribution < 1.29 is 17.9 Å². The van der Waals surface area contributed by atoms with Crippen LogP contribution in [0.1, 0.15) is 33.4 Å². The van der Waals surface area contributed by atoms with Crippen molar-refractivity contribution in [1.82, 2.24) is 20.2 Å². The molecule has 0 spiro atoms. The van der Waals surface area contributed by atoms with E-state index in [-0.39, 0.29) is 12.0 Å². The molecule has 0 bridgehead atoms. The van der Waals surface area contributed by atoms with Crippen LogP contribution in [0.25, 0.3) is 0 Å². The molecule has 1 unspecified atom stereocenters. The van der Waals surface area contributed by atoms with Gasteiger partial charge in [0.05, 0.1) is 36.7 Å². The zero-order chi connectivity index (χ0) is 21.0. The van der Waals surface area contributed by atoms with Crippen molar-refractivity contribution in [1.29, 1.82) is 0 Å². The summed E-state index contributed by atoms with van der Waals surface area (Å²) in [5.74, 6) is 1.26. The summed E-state index contributed by atoms with van der Waals surface area (Å²) < 4.78 is 35.8. The fourth-order valence-corrected chi connectivity index (χ4v) is 4.24. The van der Waals surface area contributed by atoms with Gasteiger partial charge in [-0.15, -0.1) is 0 Å². The number of ether oxygens (including phenoxy) is 2. The highest BCUT2D eigenvalue weighted by Gasteiger charge is 2.48. The van der Waals surface area contributed by atoms with Crippen LogP contribution < -0.4 is 15.0 Å². The molecule has 2 aromatic rings. The lowest BCUT2D eigenvalue weighted by Gasteiger charge is -2.51. The molecule has 2 aliphatic rings. The molecule has 4 rings (SSSR count). The van der Waals surface area contributed by atoms with E-state index in [1.165, 1.54) is 6.26 Å². The minimum atomic E-state index is -3.49. The number of aromatic nitrogens is 4. The summed E-state index contributed by atoms with van der Waals surface area (Å²) in [5.41, 5.74) is 0.595. The number of hydrogen-bond donors (Lipinski definition) is 2. The molecule has 0 saturated carbocycles. The van der Waals surface area contributed by atoms with Crippen LogP contribution in [0.5, 0.6) is 5.75 Å². The zero-order valence-corrected chi connectivity index (χ0v) is 18.0. The molecule has 2 aliphatic heterocycles. The molecule has 4 heterocycles.